The topological polar surface area (TPSA) is 39.4 Å². The SMILES string of the molecule is COCc1ccc(C(=O)CC2CCCCC2)o1. The number of rotatable bonds is 5. The van der Waals surface area contributed by atoms with Gasteiger partial charge in [0.15, 0.2) is 11.5 Å². The lowest BCUT2D eigenvalue weighted by atomic mass is 9.85. The van der Waals surface area contributed by atoms with Gasteiger partial charge in [-0.2, -0.15) is 0 Å². The smallest absolute Gasteiger partial charge is 0.198 e. The maximum absolute atomic E-state index is 12.0. The molecule has 0 radical (unpaired) electrons. The van der Waals surface area contributed by atoms with Gasteiger partial charge in [-0.15, -0.1) is 0 Å². The van der Waals surface area contributed by atoms with Crippen molar-refractivity contribution in [3.05, 3.63) is 23.7 Å². The fraction of sp³-hybridized carbons (Fsp3) is 0.643. The lowest BCUT2D eigenvalue weighted by molar-refractivity contribution is 0.0914. The molecule has 0 atom stereocenters. The van der Waals surface area contributed by atoms with Crippen molar-refractivity contribution in [3.63, 3.8) is 0 Å². The minimum atomic E-state index is 0.138. The molecule has 0 unspecified atom stereocenters. The third-order valence-corrected chi connectivity index (χ3v) is 3.42. The first-order valence-electron chi connectivity index (χ1n) is 6.40. The molecule has 3 nitrogen and oxygen atoms in total. The summed E-state index contributed by atoms with van der Waals surface area (Å²) in [5, 5.41) is 0. The van der Waals surface area contributed by atoms with E-state index in [1.165, 1.54) is 32.1 Å². The van der Waals surface area contributed by atoms with Gasteiger partial charge in [0, 0.05) is 13.5 Å². The minimum absolute atomic E-state index is 0.138. The number of carbonyl (C=O) groups excluding carboxylic acids is 1. The van der Waals surface area contributed by atoms with Gasteiger partial charge in [0.1, 0.15) is 12.4 Å². The number of ether oxygens (including phenoxy) is 1. The molecule has 0 N–H and O–H groups in total. The predicted octanol–water partition coefficient (Wildman–Crippen LogP) is 3.58. The van der Waals surface area contributed by atoms with Crippen molar-refractivity contribution < 1.29 is 13.9 Å². The van der Waals surface area contributed by atoms with Gasteiger partial charge in [-0.05, 0) is 18.1 Å². The average molecular weight is 236 g/mol. The minimum Gasteiger partial charge on any atom is -0.456 e. The van der Waals surface area contributed by atoms with Gasteiger partial charge in [0.25, 0.3) is 0 Å². The molecule has 17 heavy (non-hydrogen) atoms. The predicted molar refractivity (Wildman–Crippen MR) is 64.9 cm³/mol. The first kappa shape index (κ1) is 12.4. The Bertz CT molecular complexity index is 361. The summed E-state index contributed by atoms with van der Waals surface area (Å²) >= 11 is 0. The van der Waals surface area contributed by atoms with Gasteiger partial charge in [-0.3, -0.25) is 4.79 Å². The van der Waals surface area contributed by atoms with E-state index < -0.39 is 0 Å². The molecule has 0 saturated heterocycles. The molecular formula is C14H20O3. The molecule has 1 fully saturated rings. The monoisotopic (exact) mass is 236 g/mol. The molecule has 0 amide bonds. The zero-order chi connectivity index (χ0) is 12.1. The maximum Gasteiger partial charge on any atom is 0.198 e. The van der Waals surface area contributed by atoms with Crippen LogP contribution in [0.5, 0.6) is 0 Å². The van der Waals surface area contributed by atoms with E-state index >= 15 is 0 Å². The average Bonchev–Trinajstić information content (AvgIpc) is 2.79. The number of methoxy groups -OCH3 is 1. The summed E-state index contributed by atoms with van der Waals surface area (Å²) in [4.78, 5) is 12.0. The summed E-state index contributed by atoms with van der Waals surface area (Å²) in [5.41, 5.74) is 0. The molecule has 1 heterocycles. The Balaban J connectivity index is 1.89. The molecule has 94 valence electrons. The van der Waals surface area contributed by atoms with Crippen LogP contribution in [0.15, 0.2) is 16.5 Å². The van der Waals surface area contributed by atoms with E-state index in [0.29, 0.717) is 24.7 Å². The van der Waals surface area contributed by atoms with Crippen molar-refractivity contribution >= 4 is 5.78 Å². The number of hydrogen-bond donors (Lipinski definition) is 0. The summed E-state index contributed by atoms with van der Waals surface area (Å²) in [6, 6.07) is 3.58. The third-order valence-electron chi connectivity index (χ3n) is 3.42. The number of furan rings is 1. The second kappa shape index (κ2) is 6.01. The first-order chi connectivity index (χ1) is 8.29. The first-order valence-corrected chi connectivity index (χ1v) is 6.40. The zero-order valence-electron chi connectivity index (χ0n) is 10.4. The van der Waals surface area contributed by atoms with Crippen LogP contribution in [0.4, 0.5) is 0 Å². The Morgan fingerprint density at radius 1 is 1.35 bits per heavy atom. The van der Waals surface area contributed by atoms with Crippen molar-refractivity contribution in [2.75, 3.05) is 7.11 Å². The van der Waals surface area contributed by atoms with Crippen LogP contribution in [0, 0.1) is 5.92 Å². The fourth-order valence-corrected chi connectivity index (χ4v) is 2.50. The van der Waals surface area contributed by atoms with Gasteiger partial charge in [0.05, 0.1) is 0 Å². The van der Waals surface area contributed by atoms with Crippen LogP contribution in [-0.4, -0.2) is 12.9 Å². The quantitative estimate of drug-likeness (QED) is 0.733. The van der Waals surface area contributed by atoms with Crippen molar-refractivity contribution in [1.29, 1.82) is 0 Å². The second-order valence-corrected chi connectivity index (χ2v) is 4.83. The Morgan fingerprint density at radius 3 is 2.82 bits per heavy atom. The summed E-state index contributed by atoms with van der Waals surface area (Å²) < 4.78 is 10.4. The molecule has 1 aromatic heterocycles. The third kappa shape index (κ3) is 3.43. The van der Waals surface area contributed by atoms with Gasteiger partial charge in [-0.25, -0.2) is 0 Å². The number of ketones is 1. The molecule has 0 aliphatic heterocycles. The normalized spacial score (nSPS) is 17.2. The summed E-state index contributed by atoms with van der Waals surface area (Å²) in [6.07, 6.45) is 6.88. The van der Waals surface area contributed by atoms with E-state index in [4.69, 9.17) is 9.15 Å². The van der Waals surface area contributed by atoms with E-state index in [1.807, 2.05) is 6.07 Å². The molecule has 0 spiro atoms. The Labute approximate surface area is 102 Å². The Hall–Kier alpha value is -1.09. The van der Waals surface area contributed by atoms with Crippen LogP contribution in [0.25, 0.3) is 0 Å². The van der Waals surface area contributed by atoms with Crippen LogP contribution in [0.3, 0.4) is 0 Å². The molecule has 0 aromatic carbocycles. The van der Waals surface area contributed by atoms with E-state index in [2.05, 4.69) is 0 Å². The van der Waals surface area contributed by atoms with Gasteiger partial charge < -0.3 is 9.15 Å². The molecule has 3 heteroatoms. The van der Waals surface area contributed by atoms with E-state index in [1.54, 1.807) is 13.2 Å². The van der Waals surface area contributed by atoms with Crippen LogP contribution >= 0.6 is 0 Å². The second-order valence-electron chi connectivity index (χ2n) is 4.83. The summed E-state index contributed by atoms with van der Waals surface area (Å²) in [7, 11) is 1.62. The van der Waals surface area contributed by atoms with Crippen LogP contribution in [0.1, 0.15) is 54.8 Å². The highest BCUT2D eigenvalue weighted by atomic mass is 16.5. The lowest BCUT2D eigenvalue weighted by Crippen LogP contribution is -2.11. The lowest BCUT2D eigenvalue weighted by Gasteiger charge is -2.20. The van der Waals surface area contributed by atoms with Crippen LogP contribution in [-0.2, 0) is 11.3 Å². The van der Waals surface area contributed by atoms with E-state index in [-0.39, 0.29) is 5.78 Å². The molecule has 1 aromatic rings. The van der Waals surface area contributed by atoms with Crippen molar-refractivity contribution in [3.8, 4) is 0 Å². The van der Waals surface area contributed by atoms with Crippen LogP contribution in [0.2, 0.25) is 0 Å². The van der Waals surface area contributed by atoms with Crippen molar-refractivity contribution in [2.45, 2.75) is 45.1 Å². The fourth-order valence-electron chi connectivity index (χ4n) is 2.50. The Kier molecular flexibility index (Phi) is 4.37. The molecule has 1 aliphatic rings. The molecular weight excluding hydrogens is 216 g/mol. The standard InChI is InChI=1S/C14H20O3/c1-16-10-12-7-8-14(17-12)13(15)9-11-5-3-2-4-6-11/h7-8,11H,2-6,9-10H2,1H3. The van der Waals surface area contributed by atoms with E-state index in [9.17, 15) is 4.79 Å². The molecule has 2 rings (SSSR count). The zero-order valence-corrected chi connectivity index (χ0v) is 10.4. The summed E-state index contributed by atoms with van der Waals surface area (Å²) in [6.45, 7) is 0.427. The van der Waals surface area contributed by atoms with Gasteiger partial charge in [0.2, 0.25) is 0 Å². The number of carbonyl (C=O) groups is 1. The van der Waals surface area contributed by atoms with Gasteiger partial charge >= 0.3 is 0 Å². The van der Waals surface area contributed by atoms with Crippen molar-refractivity contribution in [2.24, 2.45) is 5.92 Å². The highest BCUT2D eigenvalue weighted by Crippen LogP contribution is 2.27. The molecule has 0 bridgehead atoms. The highest BCUT2D eigenvalue weighted by molar-refractivity contribution is 5.93. The Morgan fingerprint density at radius 2 is 2.12 bits per heavy atom. The largest absolute Gasteiger partial charge is 0.456 e. The number of Topliss-reactive ketones (excluding diaryl/α,β-unsaturated/α-hetero) is 1. The van der Waals surface area contributed by atoms with E-state index in [0.717, 1.165) is 5.76 Å². The highest BCUT2D eigenvalue weighted by Gasteiger charge is 2.19. The molecule has 1 aliphatic carbocycles. The van der Waals surface area contributed by atoms with Crippen molar-refractivity contribution in [1.82, 2.24) is 0 Å². The van der Waals surface area contributed by atoms with Crippen LogP contribution < -0.4 is 0 Å². The summed E-state index contributed by atoms with van der Waals surface area (Å²) in [5.74, 6) is 1.91. The maximum atomic E-state index is 12.0. The molecule has 1 saturated carbocycles. The number of hydrogen-bond acceptors (Lipinski definition) is 3. The van der Waals surface area contributed by atoms with Gasteiger partial charge in [-0.1, -0.05) is 32.1 Å².